The fourth-order valence-corrected chi connectivity index (χ4v) is 1.84. The summed E-state index contributed by atoms with van der Waals surface area (Å²) in [6.45, 7) is 3.62. The average Bonchev–Trinajstić information content (AvgIpc) is 2.48. The van der Waals surface area contributed by atoms with Crippen LogP contribution in [0.25, 0.3) is 6.08 Å². The van der Waals surface area contributed by atoms with Crippen molar-refractivity contribution in [3.63, 3.8) is 0 Å². The lowest BCUT2D eigenvalue weighted by molar-refractivity contribution is -0.160. The first-order valence-corrected chi connectivity index (χ1v) is 6.63. The van der Waals surface area contributed by atoms with Crippen molar-refractivity contribution in [1.82, 2.24) is 0 Å². The topological polar surface area (TPSA) is 61.8 Å². The van der Waals surface area contributed by atoms with E-state index in [0.717, 1.165) is 5.56 Å². The second-order valence-corrected chi connectivity index (χ2v) is 5.36. The van der Waals surface area contributed by atoms with E-state index in [9.17, 15) is 9.59 Å². The predicted molar refractivity (Wildman–Crippen MR) is 76.7 cm³/mol. The Morgan fingerprint density at radius 2 is 1.95 bits per heavy atom. The maximum atomic E-state index is 11.6. The largest absolute Gasteiger partial charge is 0.465 e. The molecule has 1 aliphatic rings. The number of methoxy groups -OCH3 is 1. The first kappa shape index (κ1) is 15.3. The standard InChI is InChI=1S/C16H18O5/c1-16(9-20-10-16)11-21-14(17)8-5-12-3-6-13(7-4-12)15(18)19-2/h3-8H,9-11H2,1-2H3. The number of carbonyl (C=O) groups excluding carboxylic acids is 2. The zero-order valence-corrected chi connectivity index (χ0v) is 12.1. The van der Waals surface area contributed by atoms with Crippen LogP contribution >= 0.6 is 0 Å². The lowest BCUT2D eigenvalue weighted by atomic mass is 9.90. The van der Waals surface area contributed by atoms with E-state index in [2.05, 4.69) is 4.74 Å². The molecule has 2 rings (SSSR count). The number of rotatable bonds is 5. The summed E-state index contributed by atoms with van der Waals surface area (Å²) in [5.74, 6) is -0.777. The van der Waals surface area contributed by atoms with Crippen LogP contribution in [0.5, 0.6) is 0 Å². The summed E-state index contributed by atoms with van der Waals surface area (Å²) in [5.41, 5.74) is 1.22. The van der Waals surface area contributed by atoms with Crippen LogP contribution in [0, 0.1) is 5.41 Å². The predicted octanol–water partition coefficient (Wildman–Crippen LogP) is 2.07. The number of hydrogen-bond donors (Lipinski definition) is 0. The Kier molecular flexibility index (Phi) is 4.75. The molecule has 0 atom stereocenters. The fraction of sp³-hybridized carbons (Fsp3) is 0.375. The van der Waals surface area contributed by atoms with Gasteiger partial charge in [0.2, 0.25) is 0 Å². The van der Waals surface area contributed by atoms with E-state index in [1.54, 1.807) is 30.3 Å². The molecule has 0 amide bonds. The average molecular weight is 290 g/mol. The molecule has 0 spiro atoms. The van der Waals surface area contributed by atoms with E-state index < -0.39 is 0 Å². The number of esters is 2. The Hall–Kier alpha value is -2.14. The smallest absolute Gasteiger partial charge is 0.337 e. The van der Waals surface area contributed by atoms with Gasteiger partial charge in [0.05, 0.1) is 25.9 Å². The van der Waals surface area contributed by atoms with Crippen molar-refractivity contribution in [2.75, 3.05) is 26.9 Å². The molecule has 1 aromatic rings. The van der Waals surface area contributed by atoms with E-state index in [-0.39, 0.29) is 17.4 Å². The fourth-order valence-electron chi connectivity index (χ4n) is 1.84. The molecular weight excluding hydrogens is 272 g/mol. The molecule has 1 saturated heterocycles. The lowest BCUT2D eigenvalue weighted by Crippen LogP contribution is -2.43. The second-order valence-electron chi connectivity index (χ2n) is 5.36. The first-order chi connectivity index (χ1) is 10.0. The minimum atomic E-state index is -0.389. The van der Waals surface area contributed by atoms with Gasteiger partial charge >= 0.3 is 11.9 Å². The second kappa shape index (κ2) is 6.54. The van der Waals surface area contributed by atoms with Crippen molar-refractivity contribution in [1.29, 1.82) is 0 Å². The summed E-state index contributed by atoms with van der Waals surface area (Å²) in [5, 5.41) is 0. The summed E-state index contributed by atoms with van der Waals surface area (Å²) in [6.07, 6.45) is 3.01. The summed E-state index contributed by atoms with van der Waals surface area (Å²) in [6, 6.07) is 6.75. The molecule has 5 nitrogen and oxygen atoms in total. The number of ether oxygens (including phenoxy) is 3. The van der Waals surface area contributed by atoms with Gasteiger partial charge in [0, 0.05) is 11.5 Å². The van der Waals surface area contributed by atoms with Gasteiger partial charge in [0.15, 0.2) is 0 Å². The van der Waals surface area contributed by atoms with E-state index in [1.165, 1.54) is 13.2 Å². The molecule has 0 saturated carbocycles. The molecule has 1 aromatic carbocycles. The molecule has 0 aromatic heterocycles. The van der Waals surface area contributed by atoms with Gasteiger partial charge in [-0.1, -0.05) is 19.1 Å². The molecule has 1 fully saturated rings. The van der Waals surface area contributed by atoms with Crippen molar-refractivity contribution in [3.05, 3.63) is 41.5 Å². The van der Waals surface area contributed by atoms with Crippen molar-refractivity contribution in [2.24, 2.45) is 5.41 Å². The van der Waals surface area contributed by atoms with E-state index in [4.69, 9.17) is 9.47 Å². The zero-order chi connectivity index (χ0) is 15.3. The van der Waals surface area contributed by atoms with Crippen molar-refractivity contribution >= 4 is 18.0 Å². The van der Waals surface area contributed by atoms with Crippen LogP contribution in [-0.4, -0.2) is 38.9 Å². The zero-order valence-electron chi connectivity index (χ0n) is 12.1. The van der Waals surface area contributed by atoms with Gasteiger partial charge in [-0.25, -0.2) is 9.59 Å². The molecule has 0 aliphatic carbocycles. The van der Waals surface area contributed by atoms with E-state index in [0.29, 0.717) is 25.4 Å². The Morgan fingerprint density at radius 3 is 2.48 bits per heavy atom. The van der Waals surface area contributed by atoms with Crippen LogP contribution in [0.3, 0.4) is 0 Å². The number of benzene rings is 1. The Morgan fingerprint density at radius 1 is 1.29 bits per heavy atom. The van der Waals surface area contributed by atoms with Crippen molar-refractivity contribution < 1.29 is 23.8 Å². The molecular formula is C16H18O5. The van der Waals surface area contributed by atoms with Gasteiger partial charge in [-0.15, -0.1) is 0 Å². The van der Waals surface area contributed by atoms with Gasteiger partial charge in [0.25, 0.3) is 0 Å². The van der Waals surface area contributed by atoms with Gasteiger partial charge in [-0.2, -0.15) is 0 Å². The molecule has 0 N–H and O–H groups in total. The van der Waals surface area contributed by atoms with Gasteiger partial charge < -0.3 is 14.2 Å². The van der Waals surface area contributed by atoms with Crippen LogP contribution in [0.4, 0.5) is 0 Å². The normalized spacial score (nSPS) is 16.3. The first-order valence-electron chi connectivity index (χ1n) is 6.63. The van der Waals surface area contributed by atoms with E-state index in [1.807, 2.05) is 6.92 Å². The molecule has 5 heteroatoms. The number of hydrogen-bond acceptors (Lipinski definition) is 5. The summed E-state index contributed by atoms with van der Waals surface area (Å²) >= 11 is 0. The molecule has 21 heavy (non-hydrogen) atoms. The van der Waals surface area contributed by atoms with Gasteiger partial charge in [-0.3, -0.25) is 0 Å². The molecule has 112 valence electrons. The minimum absolute atomic E-state index is 0.0499. The summed E-state index contributed by atoms with van der Waals surface area (Å²) in [4.78, 5) is 22.9. The highest BCUT2D eigenvalue weighted by Gasteiger charge is 2.34. The van der Waals surface area contributed by atoms with Gasteiger partial charge in [0.1, 0.15) is 6.61 Å². The third kappa shape index (κ3) is 4.16. The van der Waals surface area contributed by atoms with Crippen molar-refractivity contribution in [2.45, 2.75) is 6.92 Å². The monoisotopic (exact) mass is 290 g/mol. The maximum Gasteiger partial charge on any atom is 0.337 e. The maximum absolute atomic E-state index is 11.6. The molecule has 0 radical (unpaired) electrons. The third-order valence-electron chi connectivity index (χ3n) is 3.21. The highest BCUT2D eigenvalue weighted by atomic mass is 16.5. The van der Waals surface area contributed by atoms with Crippen LogP contribution in [0.1, 0.15) is 22.8 Å². The Balaban J connectivity index is 1.85. The van der Waals surface area contributed by atoms with Crippen LogP contribution in [0.2, 0.25) is 0 Å². The third-order valence-corrected chi connectivity index (χ3v) is 3.21. The molecule has 0 bridgehead atoms. The SMILES string of the molecule is COC(=O)c1ccc(C=CC(=O)OCC2(C)COC2)cc1. The van der Waals surface area contributed by atoms with Crippen LogP contribution in [-0.2, 0) is 19.0 Å². The highest BCUT2D eigenvalue weighted by molar-refractivity contribution is 5.90. The highest BCUT2D eigenvalue weighted by Crippen LogP contribution is 2.26. The van der Waals surface area contributed by atoms with Crippen LogP contribution in [0.15, 0.2) is 30.3 Å². The molecule has 1 heterocycles. The van der Waals surface area contributed by atoms with E-state index >= 15 is 0 Å². The Labute approximate surface area is 123 Å². The van der Waals surface area contributed by atoms with Crippen LogP contribution < -0.4 is 0 Å². The quantitative estimate of drug-likeness (QED) is 0.613. The molecule has 1 aliphatic heterocycles. The molecule has 0 unspecified atom stereocenters. The Bertz CT molecular complexity index is 540. The summed E-state index contributed by atoms with van der Waals surface area (Å²) in [7, 11) is 1.33. The minimum Gasteiger partial charge on any atom is -0.465 e. The van der Waals surface area contributed by atoms with Gasteiger partial charge in [-0.05, 0) is 23.8 Å². The lowest BCUT2D eigenvalue weighted by Gasteiger charge is -2.36. The number of carbonyl (C=O) groups is 2. The van der Waals surface area contributed by atoms with Crippen molar-refractivity contribution in [3.8, 4) is 0 Å². The summed E-state index contributed by atoms with van der Waals surface area (Å²) < 4.78 is 14.9.